The number of methoxy groups -OCH3 is 1. The molecule has 1 aliphatic heterocycles. The lowest BCUT2D eigenvalue weighted by Gasteiger charge is -2.32. The molecule has 0 atom stereocenters. The molecule has 0 radical (unpaired) electrons. The summed E-state index contributed by atoms with van der Waals surface area (Å²) in [4.78, 5) is 13.8. The molecule has 4 rings (SSSR count). The predicted octanol–water partition coefficient (Wildman–Crippen LogP) is 4.03. The van der Waals surface area contributed by atoms with Crippen molar-refractivity contribution >= 4 is 16.7 Å². The van der Waals surface area contributed by atoms with Crippen molar-refractivity contribution in [3.05, 3.63) is 69.6 Å². The number of benzene rings is 2. The molecule has 0 N–H and O–H groups in total. The van der Waals surface area contributed by atoms with Crippen LogP contribution in [0.25, 0.3) is 11.0 Å². The maximum Gasteiger partial charge on any atom is 0.336 e. The molecule has 0 spiro atoms. The van der Waals surface area contributed by atoms with Crippen molar-refractivity contribution in [2.75, 3.05) is 18.6 Å². The van der Waals surface area contributed by atoms with Gasteiger partial charge < -0.3 is 14.1 Å². The zero-order chi connectivity index (χ0) is 18.3. The van der Waals surface area contributed by atoms with Crippen molar-refractivity contribution in [1.82, 2.24) is 0 Å². The summed E-state index contributed by atoms with van der Waals surface area (Å²) in [6.07, 6.45) is 1.43. The van der Waals surface area contributed by atoms with Gasteiger partial charge in [-0.2, -0.15) is 0 Å². The van der Waals surface area contributed by atoms with Crippen LogP contribution in [-0.2, 0) is 13.0 Å². The third kappa shape index (κ3) is 2.92. The van der Waals surface area contributed by atoms with Crippen LogP contribution in [0.1, 0.15) is 17.5 Å². The number of hydrogen-bond acceptors (Lipinski definition) is 4. The third-order valence-corrected chi connectivity index (χ3v) is 4.70. The number of halogens is 2. The minimum absolute atomic E-state index is 0.337. The molecule has 2 aromatic carbocycles. The van der Waals surface area contributed by atoms with Gasteiger partial charge in [0.05, 0.1) is 12.8 Å². The summed E-state index contributed by atoms with van der Waals surface area (Å²) in [5.41, 5.74) is 1.74. The Labute approximate surface area is 148 Å². The summed E-state index contributed by atoms with van der Waals surface area (Å²) in [6, 6.07) is 8.96. The van der Waals surface area contributed by atoms with Crippen molar-refractivity contribution in [3.8, 4) is 5.75 Å². The van der Waals surface area contributed by atoms with Crippen LogP contribution in [0, 0.1) is 11.6 Å². The van der Waals surface area contributed by atoms with E-state index in [0.29, 0.717) is 42.1 Å². The first kappa shape index (κ1) is 16.6. The number of aryl methyl sites for hydroxylation is 1. The zero-order valence-corrected chi connectivity index (χ0v) is 14.2. The minimum Gasteiger partial charge on any atom is -0.497 e. The van der Waals surface area contributed by atoms with Crippen LogP contribution in [-0.4, -0.2) is 13.7 Å². The highest BCUT2D eigenvalue weighted by Crippen LogP contribution is 2.33. The summed E-state index contributed by atoms with van der Waals surface area (Å²) < 4.78 is 38.3. The number of fused-ring (bicyclic) bond motifs is 2. The zero-order valence-electron chi connectivity index (χ0n) is 14.2. The summed E-state index contributed by atoms with van der Waals surface area (Å²) in [6.45, 7) is 0.970. The SMILES string of the molecule is COc1ccc2c(CN3CCCc4cc(F)cc(F)c43)cc(=O)oc2c1. The average Bonchev–Trinajstić information content (AvgIpc) is 2.60. The van der Waals surface area contributed by atoms with E-state index in [0.717, 1.165) is 23.4 Å². The first-order valence-electron chi connectivity index (χ1n) is 8.39. The van der Waals surface area contributed by atoms with Crippen LogP contribution in [0.15, 0.2) is 45.6 Å². The van der Waals surface area contributed by atoms with E-state index in [9.17, 15) is 13.6 Å². The number of anilines is 1. The molecule has 3 aromatic rings. The molecule has 1 aliphatic rings. The molecule has 4 nitrogen and oxygen atoms in total. The van der Waals surface area contributed by atoms with E-state index in [1.807, 2.05) is 11.0 Å². The fraction of sp³-hybridized carbons (Fsp3) is 0.250. The topological polar surface area (TPSA) is 42.7 Å². The molecule has 1 aromatic heterocycles. The maximum absolute atomic E-state index is 14.4. The van der Waals surface area contributed by atoms with Gasteiger partial charge in [-0.3, -0.25) is 0 Å². The van der Waals surface area contributed by atoms with Crippen LogP contribution in [0.2, 0.25) is 0 Å². The van der Waals surface area contributed by atoms with Gasteiger partial charge in [-0.1, -0.05) is 0 Å². The Balaban J connectivity index is 1.79. The highest BCUT2D eigenvalue weighted by Gasteiger charge is 2.23. The van der Waals surface area contributed by atoms with Crippen molar-refractivity contribution in [1.29, 1.82) is 0 Å². The first-order chi connectivity index (χ1) is 12.5. The monoisotopic (exact) mass is 357 g/mol. The molecule has 0 amide bonds. The predicted molar refractivity (Wildman–Crippen MR) is 94.8 cm³/mol. The lowest BCUT2D eigenvalue weighted by Crippen LogP contribution is -2.30. The maximum atomic E-state index is 14.4. The molecule has 6 heteroatoms. The number of hydrogen-bond donors (Lipinski definition) is 0. The fourth-order valence-electron chi connectivity index (χ4n) is 3.57. The van der Waals surface area contributed by atoms with E-state index in [-0.39, 0.29) is 0 Å². The van der Waals surface area contributed by atoms with Crippen LogP contribution >= 0.6 is 0 Å². The van der Waals surface area contributed by atoms with Gasteiger partial charge in [0.25, 0.3) is 0 Å². The average molecular weight is 357 g/mol. The van der Waals surface area contributed by atoms with E-state index in [4.69, 9.17) is 9.15 Å². The lowest BCUT2D eigenvalue weighted by molar-refractivity contribution is 0.414. The van der Waals surface area contributed by atoms with Crippen LogP contribution < -0.4 is 15.3 Å². The number of ether oxygens (including phenoxy) is 1. The molecule has 0 aliphatic carbocycles. The summed E-state index contributed by atoms with van der Waals surface area (Å²) in [5, 5.41) is 0.764. The van der Waals surface area contributed by atoms with Gasteiger partial charge in [0.2, 0.25) is 0 Å². The molecule has 26 heavy (non-hydrogen) atoms. The van der Waals surface area contributed by atoms with E-state index >= 15 is 0 Å². The standard InChI is InChI=1S/C20H17F2NO3/c1-25-15-4-5-16-13(8-19(24)26-18(16)10-15)11-23-6-2-3-12-7-14(21)9-17(22)20(12)23/h4-5,7-10H,2-3,6,11H2,1H3. The molecular formula is C20H17F2NO3. The molecule has 0 saturated carbocycles. The Morgan fingerprint density at radius 1 is 1.19 bits per heavy atom. The van der Waals surface area contributed by atoms with Gasteiger partial charge in [-0.25, -0.2) is 13.6 Å². The van der Waals surface area contributed by atoms with Crippen molar-refractivity contribution < 1.29 is 17.9 Å². The molecule has 0 bridgehead atoms. The van der Waals surface area contributed by atoms with E-state index in [2.05, 4.69) is 0 Å². The second-order valence-electron chi connectivity index (χ2n) is 6.37. The fourth-order valence-corrected chi connectivity index (χ4v) is 3.57. The second kappa shape index (κ2) is 6.44. The molecule has 0 fully saturated rings. The van der Waals surface area contributed by atoms with Crippen molar-refractivity contribution in [2.45, 2.75) is 19.4 Å². The van der Waals surface area contributed by atoms with E-state index in [1.54, 1.807) is 12.1 Å². The molecule has 0 saturated heterocycles. The van der Waals surface area contributed by atoms with Crippen molar-refractivity contribution in [2.24, 2.45) is 0 Å². The molecule has 2 heterocycles. The van der Waals surface area contributed by atoms with Crippen LogP contribution in [0.3, 0.4) is 0 Å². The van der Waals surface area contributed by atoms with Gasteiger partial charge >= 0.3 is 5.63 Å². The van der Waals surface area contributed by atoms with Crippen LogP contribution in [0.5, 0.6) is 5.75 Å². The third-order valence-electron chi connectivity index (χ3n) is 4.70. The lowest BCUT2D eigenvalue weighted by atomic mass is 10.00. The molecule has 0 unspecified atom stereocenters. The van der Waals surface area contributed by atoms with Crippen molar-refractivity contribution in [3.63, 3.8) is 0 Å². The second-order valence-corrected chi connectivity index (χ2v) is 6.37. The largest absolute Gasteiger partial charge is 0.497 e. The van der Waals surface area contributed by atoms with E-state index in [1.165, 1.54) is 19.2 Å². The minimum atomic E-state index is -0.575. The highest BCUT2D eigenvalue weighted by atomic mass is 19.1. The quantitative estimate of drug-likeness (QED) is 0.664. The summed E-state index contributed by atoms with van der Waals surface area (Å²) in [7, 11) is 1.54. The smallest absolute Gasteiger partial charge is 0.336 e. The van der Waals surface area contributed by atoms with Crippen LogP contribution in [0.4, 0.5) is 14.5 Å². The summed E-state index contributed by atoms with van der Waals surface area (Å²) >= 11 is 0. The van der Waals surface area contributed by atoms with E-state index < -0.39 is 17.3 Å². The summed E-state index contributed by atoms with van der Waals surface area (Å²) in [5.74, 6) is -0.558. The van der Waals surface area contributed by atoms with Gasteiger partial charge in [-0.05, 0) is 42.2 Å². The van der Waals surface area contributed by atoms with Gasteiger partial charge in [-0.15, -0.1) is 0 Å². The highest BCUT2D eigenvalue weighted by molar-refractivity contribution is 5.82. The van der Waals surface area contributed by atoms with Gasteiger partial charge in [0.15, 0.2) is 0 Å². The Morgan fingerprint density at radius 2 is 2.04 bits per heavy atom. The normalized spacial score (nSPS) is 13.7. The van der Waals surface area contributed by atoms with Gasteiger partial charge in [0.1, 0.15) is 23.0 Å². The first-order valence-corrected chi connectivity index (χ1v) is 8.39. The Hall–Kier alpha value is -2.89. The van der Waals surface area contributed by atoms with Gasteiger partial charge in [0, 0.05) is 36.7 Å². The Morgan fingerprint density at radius 3 is 2.85 bits per heavy atom. The Bertz CT molecular complexity index is 1050. The number of nitrogens with zero attached hydrogens (tertiary/aromatic N) is 1. The number of rotatable bonds is 3. The Kier molecular flexibility index (Phi) is 4.11. The molecular weight excluding hydrogens is 340 g/mol. The molecule has 134 valence electrons.